The van der Waals surface area contributed by atoms with Gasteiger partial charge < -0.3 is 30.4 Å². The first kappa shape index (κ1) is 31.7. The van der Waals surface area contributed by atoms with E-state index in [0.29, 0.717) is 43.5 Å². The summed E-state index contributed by atoms with van der Waals surface area (Å²) in [5.41, 5.74) is 3.16. The Hall–Kier alpha value is -4.27. The van der Waals surface area contributed by atoms with Crippen LogP contribution in [0.5, 0.6) is 0 Å². The minimum absolute atomic E-state index is 0.0708. The average molecular weight is 627 g/mol. The van der Waals surface area contributed by atoms with E-state index in [2.05, 4.69) is 20.9 Å². The molecule has 4 N–H and O–H groups in total. The molecular weight excluding hydrogens is 580 g/mol. The molecule has 9 heteroatoms. The maximum Gasteiger partial charge on any atom is 0.408 e. The van der Waals surface area contributed by atoms with Crippen molar-refractivity contribution in [3.63, 3.8) is 0 Å². The number of benzene rings is 2. The number of hydrogen-bond donors (Lipinski definition) is 4. The van der Waals surface area contributed by atoms with Crippen molar-refractivity contribution in [3.05, 3.63) is 77.6 Å². The van der Waals surface area contributed by atoms with E-state index in [1.165, 1.54) is 12.5 Å². The lowest BCUT2D eigenvalue weighted by Crippen LogP contribution is -2.60. The van der Waals surface area contributed by atoms with Crippen molar-refractivity contribution in [2.45, 2.75) is 77.4 Å². The minimum Gasteiger partial charge on any atom is -0.463 e. The second kappa shape index (κ2) is 13.6. The van der Waals surface area contributed by atoms with Crippen LogP contribution in [0.4, 0.5) is 10.5 Å². The van der Waals surface area contributed by atoms with Gasteiger partial charge in [0.25, 0.3) is 0 Å². The Morgan fingerprint density at radius 1 is 0.957 bits per heavy atom. The highest BCUT2D eigenvalue weighted by Gasteiger charge is 2.50. The number of anilines is 1. The van der Waals surface area contributed by atoms with Gasteiger partial charge in [-0.2, -0.15) is 0 Å². The van der Waals surface area contributed by atoms with Crippen molar-refractivity contribution in [1.82, 2.24) is 15.6 Å². The number of ether oxygens (including phenoxy) is 2. The van der Waals surface area contributed by atoms with Crippen LogP contribution in [-0.4, -0.2) is 47.7 Å². The Bertz CT molecular complexity index is 1580. The fourth-order valence-corrected chi connectivity index (χ4v) is 8.26. The molecule has 0 radical (unpaired) electrons. The summed E-state index contributed by atoms with van der Waals surface area (Å²) in [7, 11) is 0. The van der Waals surface area contributed by atoms with Crippen LogP contribution in [0.15, 0.2) is 66.5 Å². The number of hydrogen-bond acceptors (Lipinski definition) is 6. The van der Waals surface area contributed by atoms with Crippen molar-refractivity contribution in [1.29, 1.82) is 0 Å². The fourth-order valence-electron chi connectivity index (χ4n) is 8.26. The summed E-state index contributed by atoms with van der Waals surface area (Å²) in [5, 5.41) is 10.4. The number of esters is 1. The van der Waals surface area contributed by atoms with Gasteiger partial charge in [0, 0.05) is 47.5 Å². The van der Waals surface area contributed by atoms with Gasteiger partial charge >= 0.3 is 12.1 Å². The van der Waals surface area contributed by atoms with E-state index in [-0.39, 0.29) is 12.0 Å². The number of carbonyl (C=O) groups excluding carboxylic acids is 3. The molecule has 0 spiro atoms. The molecule has 2 amide bonds. The Morgan fingerprint density at radius 2 is 1.65 bits per heavy atom. The number of alkyl carbamates (subject to hydrolysis) is 1. The number of rotatable bonds is 12. The molecule has 46 heavy (non-hydrogen) atoms. The number of para-hydroxylation sites is 2. The summed E-state index contributed by atoms with van der Waals surface area (Å²) in [6.07, 6.45) is 9.50. The average Bonchev–Trinajstić information content (AvgIpc) is 3.41. The third kappa shape index (κ3) is 7.08. The number of fused-ring (bicyclic) bond motifs is 1. The molecular formula is C37H46N4O5. The summed E-state index contributed by atoms with van der Waals surface area (Å²) >= 11 is 0. The maximum atomic E-state index is 14.0. The zero-order valence-corrected chi connectivity index (χ0v) is 27.1. The smallest absolute Gasteiger partial charge is 0.408 e. The van der Waals surface area contributed by atoms with Crippen LogP contribution in [-0.2, 0) is 31.9 Å². The van der Waals surface area contributed by atoms with E-state index in [0.717, 1.165) is 65.2 Å². The lowest BCUT2D eigenvalue weighted by atomic mass is 9.55. The molecule has 7 rings (SSSR count). The van der Waals surface area contributed by atoms with E-state index in [1.807, 2.05) is 54.7 Å². The zero-order valence-electron chi connectivity index (χ0n) is 27.1. The topological polar surface area (TPSA) is 122 Å². The van der Waals surface area contributed by atoms with Crippen molar-refractivity contribution in [2.75, 3.05) is 18.5 Å². The van der Waals surface area contributed by atoms with Crippen LogP contribution in [0, 0.1) is 23.7 Å². The molecule has 3 aromatic rings. The molecule has 4 aliphatic rings. The number of nitrogens with one attached hydrogen (secondary N) is 4. The monoisotopic (exact) mass is 626 g/mol. The normalized spacial score (nSPS) is 24.7. The summed E-state index contributed by atoms with van der Waals surface area (Å²) in [6, 6.07) is 15.7. The Kier molecular flexibility index (Phi) is 9.38. The number of allylic oxidation sites excluding steroid dienone is 1. The molecule has 4 aliphatic carbocycles. The first-order valence-electron chi connectivity index (χ1n) is 16.7. The molecule has 2 aromatic carbocycles. The molecule has 4 bridgehead atoms. The van der Waals surface area contributed by atoms with Crippen molar-refractivity contribution < 1.29 is 23.9 Å². The molecule has 4 fully saturated rings. The van der Waals surface area contributed by atoms with Crippen molar-refractivity contribution >= 4 is 34.6 Å². The van der Waals surface area contributed by atoms with Gasteiger partial charge in [-0.05, 0) is 106 Å². The Balaban J connectivity index is 1.14. The quantitative estimate of drug-likeness (QED) is 0.139. The lowest BCUT2D eigenvalue weighted by Gasteiger charge is -2.53. The van der Waals surface area contributed by atoms with Crippen molar-refractivity contribution in [3.8, 4) is 0 Å². The van der Waals surface area contributed by atoms with E-state index < -0.39 is 17.6 Å². The number of amides is 2. The van der Waals surface area contributed by atoms with Crippen molar-refractivity contribution in [2.24, 2.45) is 23.7 Å². The second-order valence-corrected chi connectivity index (χ2v) is 13.7. The zero-order chi connectivity index (χ0) is 32.3. The van der Waals surface area contributed by atoms with Gasteiger partial charge in [-0.25, -0.2) is 9.59 Å². The number of carbonyl (C=O) groups is 3. The van der Waals surface area contributed by atoms with Crippen LogP contribution < -0.4 is 16.0 Å². The third-order valence-electron chi connectivity index (χ3n) is 10.1. The molecule has 9 nitrogen and oxygen atoms in total. The van der Waals surface area contributed by atoms with Gasteiger partial charge in [0.05, 0.1) is 6.61 Å². The summed E-state index contributed by atoms with van der Waals surface area (Å²) in [4.78, 5) is 42.7. The van der Waals surface area contributed by atoms with Crippen LogP contribution in [0.1, 0.15) is 64.0 Å². The van der Waals surface area contributed by atoms with Gasteiger partial charge in [-0.3, -0.25) is 4.79 Å². The van der Waals surface area contributed by atoms with Gasteiger partial charge in [-0.15, -0.1) is 0 Å². The Morgan fingerprint density at radius 3 is 2.39 bits per heavy atom. The predicted octanol–water partition coefficient (Wildman–Crippen LogP) is 6.26. The fraction of sp³-hybridized carbons (Fsp3) is 0.486. The van der Waals surface area contributed by atoms with E-state index in [4.69, 9.17) is 9.47 Å². The molecule has 1 aromatic heterocycles. The highest BCUT2D eigenvalue weighted by molar-refractivity contribution is 5.91. The summed E-state index contributed by atoms with van der Waals surface area (Å²) < 4.78 is 11.2. The molecule has 244 valence electrons. The highest BCUT2D eigenvalue weighted by atomic mass is 16.6. The summed E-state index contributed by atoms with van der Waals surface area (Å²) in [5.74, 6) is 1.74. The highest BCUT2D eigenvalue weighted by Crippen LogP contribution is 2.54. The molecule has 1 heterocycles. The molecule has 0 aliphatic heterocycles. The van der Waals surface area contributed by atoms with E-state index >= 15 is 0 Å². The number of aromatic nitrogens is 1. The van der Waals surface area contributed by atoms with Crippen LogP contribution in [0.3, 0.4) is 0 Å². The lowest BCUT2D eigenvalue weighted by molar-refractivity contribution is -0.137. The first-order valence-corrected chi connectivity index (χ1v) is 16.7. The first-order chi connectivity index (χ1) is 22.2. The largest absolute Gasteiger partial charge is 0.463 e. The van der Waals surface area contributed by atoms with Crippen LogP contribution >= 0.6 is 0 Å². The standard InChI is InChI=1S/C37H46N4O5/c1-4-45-33(42)15-23(2)40-31-11-7-5-9-26(31)13-14-38-35(43)37(3,21-29-22-39-32-12-8-6-10-30(29)32)41-36(44)46-34-27-17-24-16-25(19-27)20-28(34)18-24/h5-12,15,22,24-25,27-28,34,39-40H,4,13-14,16-21H2,1-3H3,(H,38,43)(H,41,44)/b23-15-. The molecule has 1 atom stereocenters. The minimum atomic E-state index is -1.25. The second-order valence-electron chi connectivity index (χ2n) is 13.7. The van der Waals surface area contributed by atoms with Gasteiger partial charge in [-0.1, -0.05) is 36.4 Å². The van der Waals surface area contributed by atoms with E-state index in [1.54, 1.807) is 20.8 Å². The SMILES string of the molecule is CCOC(=O)/C=C(/C)Nc1ccccc1CCNC(=O)C(C)(Cc1c[nH]c2ccccc12)NC(=O)OC1C2CC3CC(C2)CC1C3. The third-order valence-corrected chi connectivity index (χ3v) is 10.1. The molecule has 0 saturated heterocycles. The molecule has 1 unspecified atom stereocenters. The van der Waals surface area contributed by atoms with Gasteiger partial charge in [0.2, 0.25) is 5.91 Å². The number of H-pyrrole nitrogens is 1. The van der Waals surface area contributed by atoms with Crippen LogP contribution in [0.25, 0.3) is 10.9 Å². The Labute approximate surface area is 270 Å². The molecule has 4 saturated carbocycles. The van der Waals surface area contributed by atoms with Gasteiger partial charge in [0.15, 0.2) is 0 Å². The number of aromatic amines is 1. The van der Waals surface area contributed by atoms with Crippen LogP contribution in [0.2, 0.25) is 0 Å². The van der Waals surface area contributed by atoms with E-state index in [9.17, 15) is 14.4 Å². The maximum absolute atomic E-state index is 14.0. The van der Waals surface area contributed by atoms with Gasteiger partial charge in [0.1, 0.15) is 11.6 Å². The summed E-state index contributed by atoms with van der Waals surface area (Å²) in [6.45, 7) is 6.02. The predicted molar refractivity (Wildman–Crippen MR) is 178 cm³/mol.